The Morgan fingerprint density at radius 1 is 0.360 bits per heavy atom. The largest absolute Gasteiger partial charge is 0.467 e. The normalized spacial score (nSPS) is 30.6. The number of methoxy groups -OCH3 is 4. The van der Waals surface area contributed by atoms with Crippen LogP contribution < -0.4 is 0 Å². The van der Waals surface area contributed by atoms with Gasteiger partial charge in [-0.2, -0.15) is 33.9 Å². The van der Waals surface area contributed by atoms with E-state index in [9.17, 15) is 95.8 Å². The number of unbranched alkanes of at least 4 members (excludes halogenated alkanes) is 2. The summed E-state index contributed by atoms with van der Waals surface area (Å²) >= 11 is -15.1. The van der Waals surface area contributed by atoms with Gasteiger partial charge in [0.15, 0.2) is 0 Å². The average molecular weight is 1790 g/mol. The Hall–Kier alpha value is -6.01. The number of hydrogen-bond acceptors (Lipinski definition) is 45. The van der Waals surface area contributed by atoms with Crippen LogP contribution in [-0.2, 0) is 252 Å². The lowest BCUT2D eigenvalue weighted by atomic mass is 9.97. The van der Waals surface area contributed by atoms with Crippen LogP contribution >= 0.6 is 0 Å². The summed E-state index contributed by atoms with van der Waals surface area (Å²) in [5.74, 6) is -12.7. The average Bonchev–Trinajstić information content (AvgIpc) is 1.72. The SMILES string of the molecule is CC(C)OC(=O)C1OS(=O)OC1C(=O)OC(C)C.CCCCOC(=O)C1OS(=O)OC1C(=O)OCCCC.CCOC(=O)C1OS(=O)OC1C(=O)OCC.COC(=O)C1(F)COS(=O)O1.COC(=O)C1OS(=O)OC1C(=O)OC.COC(=O)C1OS(=O)OC1F.O=C(OC1CCCCC1)C1OS(=O)OC1C(=O)OC1CCCCC1. The Balaban J connectivity index is 0.000000350. The van der Waals surface area contributed by atoms with E-state index in [2.05, 4.69) is 61.9 Å². The van der Waals surface area contributed by atoms with E-state index >= 15 is 0 Å². The molecule has 2 aliphatic carbocycles. The van der Waals surface area contributed by atoms with Crippen LogP contribution in [0.5, 0.6) is 0 Å². The van der Waals surface area contributed by atoms with E-state index in [4.69, 9.17) is 53.5 Å². The Morgan fingerprint density at radius 3 is 0.886 bits per heavy atom. The fourth-order valence-electron chi connectivity index (χ4n) is 9.06. The van der Waals surface area contributed by atoms with Crippen molar-refractivity contribution < 1.29 is 211 Å². The second-order valence-corrected chi connectivity index (χ2v) is 29.2. The van der Waals surface area contributed by atoms with Crippen molar-refractivity contribution in [2.45, 2.75) is 249 Å². The number of alkyl halides is 2. The number of rotatable bonds is 24. The van der Waals surface area contributed by atoms with Gasteiger partial charge in [0, 0.05) is 0 Å². The Bertz CT molecular complexity index is 3200. The predicted octanol–water partition coefficient (Wildman–Crippen LogP) is 0.459. The lowest BCUT2D eigenvalue weighted by Gasteiger charge is -2.25. The fourth-order valence-corrected chi connectivity index (χ4v) is 14.0. The molecule has 0 spiro atoms. The molecule has 0 radical (unpaired) electrons. The van der Waals surface area contributed by atoms with E-state index in [0.29, 0.717) is 12.8 Å². The number of carbonyl (C=O) groups excluding carboxylic acids is 12. The molecule has 0 aromatic carbocycles. The third kappa shape index (κ3) is 34.9. The summed E-state index contributed by atoms with van der Waals surface area (Å²) in [7, 11) is 4.29. The van der Waals surface area contributed by atoms with Crippen LogP contribution in [0.4, 0.5) is 8.78 Å². The molecule has 0 N–H and O–H groups in total. The summed E-state index contributed by atoms with van der Waals surface area (Å²) < 4.78 is 222. The molecular formula is C60H90F2O45S7. The lowest BCUT2D eigenvalue weighted by Crippen LogP contribution is -2.42. The number of ether oxygens (including phenoxy) is 12. The van der Waals surface area contributed by atoms with E-state index in [1.807, 2.05) is 13.8 Å². The maximum absolute atomic E-state index is 12.9. The molecule has 54 heteroatoms. The van der Waals surface area contributed by atoms with Crippen molar-refractivity contribution in [2.75, 3.05) is 61.5 Å². The van der Waals surface area contributed by atoms with Crippen molar-refractivity contribution >= 4 is 151 Å². The van der Waals surface area contributed by atoms with E-state index in [0.717, 1.165) is 105 Å². The Labute approximate surface area is 669 Å². The minimum absolute atomic E-state index is 0.126. The molecule has 0 amide bonds. The molecule has 2 saturated carbocycles. The van der Waals surface area contributed by atoms with Gasteiger partial charge in [-0.15, -0.1) is 0 Å². The maximum Gasteiger partial charge on any atom is 0.375 e. The highest BCUT2D eigenvalue weighted by atomic mass is 32.2. The zero-order valence-corrected chi connectivity index (χ0v) is 68.9. The molecule has 0 bridgehead atoms. The molecule has 9 aliphatic rings. The Kier molecular flexibility index (Phi) is 47.9. The minimum Gasteiger partial charge on any atom is -0.467 e. The molecular weight excluding hydrogens is 1700 g/mol. The van der Waals surface area contributed by atoms with Crippen molar-refractivity contribution in [3.05, 3.63) is 0 Å². The van der Waals surface area contributed by atoms with Crippen LogP contribution in [0, 0.1) is 0 Å². The van der Waals surface area contributed by atoms with Crippen LogP contribution in [0.15, 0.2) is 0 Å². The molecule has 7 aliphatic heterocycles. The zero-order valence-electron chi connectivity index (χ0n) is 63.2. The second kappa shape index (κ2) is 53.4. The van der Waals surface area contributed by atoms with Crippen LogP contribution in [0.2, 0.25) is 0 Å². The van der Waals surface area contributed by atoms with Crippen molar-refractivity contribution in [1.29, 1.82) is 0 Å². The van der Waals surface area contributed by atoms with Gasteiger partial charge in [-0.05, 0) is 106 Å². The molecule has 0 aromatic rings. The molecule has 0 aromatic heterocycles. The van der Waals surface area contributed by atoms with E-state index in [1.165, 1.54) is 0 Å². The molecule has 7 saturated heterocycles. The van der Waals surface area contributed by atoms with Gasteiger partial charge in [0.05, 0.1) is 67.1 Å². The monoisotopic (exact) mass is 1790 g/mol. The van der Waals surface area contributed by atoms with E-state index in [1.54, 1.807) is 41.5 Å². The minimum atomic E-state index is -2.71. The molecule has 9 rings (SSSR count). The van der Waals surface area contributed by atoms with Crippen molar-refractivity contribution in [3.63, 3.8) is 0 Å². The topological polar surface area (TPSA) is 564 Å². The predicted molar refractivity (Wildman–Crippen MR) is 369 cm³/mol. The van der Waals surface area contributed by atoms with Gasteiger partial charge in [-0.1, -0.05) is 39.5 Å². The summed E-state index contributed by atoms with van der Waals surface area (Å²) in [4.78, 5) is 137. The highest BCUT2D eigenvalue weighted by Crippen LogP contribution is 2.30. The molecule has 656 valence electrons. The summed E-state index contributed by atoms with van der Waals surface area (Å²) in [6.45, 7) is 13.7. The van der Waals surface area contributed by atoms with Gasteiger partial charge in [-0.25, -0.2) is 116 Å². The Morgan fingerprint density at radius 2 is 0.632 bits per heavy atom. The van der Waals surface area contributed by atoms with Gasteiger partial charge in [0.25, 0.3) is 6.36 Å². The lowest BCUT2D eigenvalue weighted by molar-refractivity contribution is -0.173. The summed E-state index contributed by atoms with van der Waals surface area (Å²) in [6, 6.07) is 0. The highest BCUT2D eigenvalue weighted by Gasteiger charge is 2.54. The van der Waals surface area contributed by atoms with E-state index < -0.39 is 237 Å². The van der Waals surface area contributed by atoms with Gasteiger partial charge in [0.1, 0.15) is 18.8 Å². The first-order chi connectivity index (χ1) is 54.0. The highest BCUT2D eigenvalue weighted by molar-refractivity contribution is 7.76. The zero-order chi connectivity index (χ0) is 85.5. The van der Waals surface area contributed by atoms with Crippen LogP contribution in [-0.4, -0.2) is 266 Å². The van der Waals surface area contributed by atoms with E-state index in [-0.39, 0.29) is 50.8 Å². The van der Waals surface area contributed by atoms with Gasteiger partial charge in [-0.3, -0.25) is 4.18 Å². The van der Waals surface area contributed by atoms with Crippen LogP contribution in [0.25, 0.3) is 0 Å². The maximum atomic E-state index is 12.9. The molecule has 7 heterocycles. The first-order valence-electron chi connectivity index (χ1n) is 34.4. The number of halogens is 2. The van der Waals surface area contributed by atoms with Crippen LogP contribution in [0.1, 0.15) is 145 Å². The number of carbonyl (C=O) groups is 12. The molecule has 45 nitrogen and oxygen atoms in total. The van der Waals surface area contributed by atoms with Gasteiger partial charge in [0.2, 0.25) is 67.1 Å². The van der Waals surface area contributed by atoms with Crippen molar-refractivity contribution in [2.24, 2.45) is 0 Å². The molecule has 9 fully saturated rings. The molecule has 15 atom stereocenters. The van der Waals surface area contributed by atoms with Gasteiger partial charge < -0.3 is 56.8 Å². The fraction of sp³-hybridized carbons (Fsp3) is 0.800. The first-order valence-corrected chi connectivity index (χ1v) is 41.4. The third-order valence-electron chi connectivity index (χ3n) is 14.4. The van der Waals surface area contributed by atoms with Crippen molar-refractivity contribution in [1.82, 2.24) is 0 Å². The summed E-state index contributed by atoms with van der Waals surface area (Å²) in [5.41, 5.74) is 0. The number of hydrogen-bond donors (Lipinski definition) is 0. The second-order valence-electron chi connectivity index (χ2n) is 23.6. The van der Waals surface area contributed by atoms with Crippen molar-refractivity contribution in [3.8, 4) is 0 Å². The third-order valence-corrected chi connectivity index (χ3v) is 19.5. The quantitative estimate of drug-likeness (QED) is 0.0719. The first kappa shape index (κ1) is 102. The standard InChI is InChI=1S/C16H24O7S.C12H20O7S.C10H16O7S.C8H12O7S.C6H8O7S.2C4H5FO5S/c17-15(20-11-7-3-1-4-8-11)13-14(23-24(19)22-13)16(18)21-12-9-5-2-6-10-12;1-3-5-7-16-11(13)9-10(19-20(15)18-9)12(14)17-8-6-4-2;1-5(2)14-9(11)7-8(17-18(13)16-7)10(12)15-6(3)4;1-3-12-7(9)5-6(8(10)13-4-2)15-16(11)14-5;1-10-5(7)3-4(6(8)11-2)13-14(9)12-3;1-8-3(6)4(5)2-9-11(7)10-4;1-8-4(6)2-3(5)10-11(7)9-2/h11-14H,1-10H2;9-10H,3-8H2,1-2H3;5-8H,1-4H3;5-6H,3-4H2,1-2H3;3-4H,1-2H3;2H2,1H3;2-3H,1H3. The van der Waals surface area contributed by atoms with Gasteiger partial charge >= 0.3 is 157 Å². The smallest absolute Gasteiger partial charge is 0.375 e. The summed E-state index contributed by atoms with van der Waals surface area (Å²) in [6.07, 6.45) is -5.31. The summed E-state index contributed by atoms with van der Waals surface area (Å²) in [5, 5.41) is 0. The van der Waals surface area contributed by atoms with Crippen LogP contribution in [0.3, 0.4) is 0 Å². The molecule has 15 unspecified atom stereocenters. The molecule has 114 heavy (non-hydrogen) atoms. The number of esters is 12.